The molecule has 2 aromatic rings. The second-order valence-corrected chi connectivity index (χ2v) is 7.24. The number of ether oxygens (including phenoxy) is 4. The Bertz CT molecular complexity index is 808. The molecule has 0 aliphatic rings. The number of carbonyl (C=O) groups excluding carboxylic acids is 1. The highest BCUT2D eigenvalue weighted by atomic mass is 16.5. The maximum absolute atomic E-state index is 12.1. The van der Waals surface area contributed by atoms with Crippen LogP contribution in [0.1, 0.15) is 26.3 Å². The van der Waals surface area contributed by atoms with E-state index in [9.17, 15) is 4.79 Å². The van der Waals surface area contributed by atoms with Crippen LogP contribution in [-0.2, 0) is 11.3 Å². The first kappa shape index (κ1) is 24.3. The average Bonchev–Trinajstić information content (AvgIpc) is 2.76. The zero-order valence-electron chi connectivity index (χ0n) is 19.2. The SMILES string of the molecule is CCOc1ccc(OCC[NH2+]Cc2ccc(O[C@@H](C)C(=O)N(C)C)c(OCC)c2)cc1. The lowest BCUT2D eigenvalue weighted by molar-refractivity contribution is -0.671. The van der Waals surface area contributed by atoms with Crippen molar-refractivity contribution in [2.45, 2.75) is 33.4 Å². The highest BCUT2D eigenvalue weighted by Crippen LogP contribution is 2.29. The molecule has 7 nitrogen and oxygen atoms in total. The molecule has 1 amide bonds. The number of nitrogens with zero attached hydrogens (tertiary/aromatic N) is 1. The minimum absolute atomic E-state index is 0.0904. The molecule has 2 N–H and O–H groups in total. The molecule has 2 aromatic carbocycles. The van der Waals surface area contributed by atoms with Crippen molar-refractivity contribution < 1.29 is 29.1 Å². The largest absolute Gasteiger partial charge is 0.494 e. The van der Waals surface area contributed by atoms with Crippen LogP contribution in [0.4, 0.5) is 0 Å². The second kappa shape index (κ2) is 12.7. The van der Waals surface area contributed by atoms with Crippen LogP contribution in [0.2, 0.25) is 0 Å². The van der Waals surface area contributed by atoms with Crippen LogP contribution in [0.25, 0.3) is 0 Å². The molecule has 0 unspecified atom stereocenters. The molecule has 7 heteroatoms. The number of amides is 1. The lowest BCUT2D eigenvalue weighted by Gasteiger charge is -2.20. The van der Waals surface area contributed by atoms with Gasteiger partial charge in [-0.1, -0.05) is 0 Å². The number of nitrogens with two attached hydrogens (primary N) is 1. The number of rotatable bonds is 13. The summed E-state index contributed by atoms with van der Waals surface area (Å²) in [6.45, 7) is 9.03. The van der Waals surface area contributed by atoms with E-state index in [2.05, 4.69) is 5.32 Å². The summed E-state index contributed by atoms with van der Waals surface area (Å²) in [5.74, 6) is 2.81. The van der Waals surface area contributed by atoms with Crippen LogP contribution in [0, 0.1) is 0 Å². The predicted octanol–water partition coefficient (Wildman–Crippen LogP) is 2.48. The maximum atomic E-state index is 12.1. The second-order valence-electron chi connectivity index (χ2n) is 7.24. The van der Waals surface area contributed by atoms with Gasteiger partial charge in [-0.05, 0) is 63.2 Å². The number of likely N-dealkylation sites (N-methyl/N-ethyl adjacent to an activating group) is 1. The molecular weight excluding hydrogens is 396 g/mol. The van der Waals surface area contributed by atoms with Crippen LogP contribution in [0.3, 0.4) is 0 Å². The number of benzene rings is 2. The van der Waals surface area contributed by atoms with Crippen molar-refractivity contribution in [3.8, 4) is 23.0 Å². The number of carbonyl (C=O) groups is 1. The monoisotopic (exact) mass is 431 g/mol. The lowest BCUT2D eigenvalue weighted by Crippen LogP contribution is -2.83. The van der Waals surface area contributed by atoms with E-state index >= 15 is 0 Å². The number of hydrogen-bond donors (Lipinski definition) is 1. The Balaban J connectivity index is 1.83. The third-order valence-electron chi connectivity index (χ3n) is 4.51. The Labute approximate surface area is 185 Å². The van der Waals surface area contributed by atoms with Crippen LogP contribution >= 0.6 is 0 Å². The van der Waals surface area contributed by atoms with Gasteiger partial charge in [0.15, 0.2) is 17.6 Å². The van der Waals surface area contributed by atoms with Gasteiger partial charge in [-0.3, -0.25) is 4.79 Å². The van der Waals surface area contributed by atoms with Crippen molar-refractivity contribution in [2.24, 2.45) is 0 Å². The molecule has 2 rings (SSSR count). The molecule has 170 valence electrons. The van der Waals surface area contributed by atoms with Crippen molar-refractivity contribution in [3.05, 3.63) is 48.0 Å². The van der Waals surface area contributed by atoms with E-state index in [0.717, 1.165) is 30.2 Å². The normalized spacial score (nSPS) is 11.5. The van der Waals surface area contributed by atoms with Crippen LogP contribution in [-0.4, -0.2) is 57.4 Å². The number of hydrogen-bond acceptors (Lipinski definition) is 5. The molecule has 31 heavy (non-hydrogen) atoms. The fourth-order valence-corrected chi connectivity index (χ4v) is 2.98. The van der Waals surface area contributed by atoms with Gasteiger partial charge in [0.25, 0.3) is 5.91 Å². The van der Waals surface area contributed by atoms with E-state index in [0.29, 0.717) is 31.3 Å². The van der Waals surface area contributed by atoms with E-state index in [4.69, 9.17) is 18.9 Å². The van der Waals surface area contributed by atoms with Gasteiger partial charge in [0.2, 0.25) is 0 Å². The molecule has 0 aliphatic carbocycles. The summed E-state index contributed by atoms with van der Waals surface area (Å²) in [6, 6.07) is 13.5. The summed E-state index contributed by atoms with van der Waals surface area (Å²) in [5.41, 5.74) is 1.11. The first-order valence-corrected chi connectivity index (χ1v) is 10.8. The van der Waals surface area contributed by atoms with Crippen molar-refractivity contribution in [2.75, 3.05) is 40.5 Å². The highest BCUT2D eigenvalue weighted by Gasteiger charge is 2.19. The Morgan fingerprint density at radius 1 is 0.935 bits per heavy atom. The number of quaternary nitrogens is 1. The fraction of sp³-hybridized carbons (Fsp3) is 0.458. The Morgan fingerprint density at radius 2 is 1.58 bits per heavy atom. The smallest absolute Gasteiger partial charge is 0.262 e. The highest BCUT2D eigenvalue weighted by molar-refractivity contribution is 5.80. The van der Waals surface area contributed by atoms with Crippen LogP contribution in [0.15, 0.2) is 42.5 Å². The molecule has 0 saturated heterocycles. The summed E-state index contributed by atoms with van der Waals surface area (Å²) in [6.07, 6.45) is -0.577. The first-order valence-electron chi connectivity index (χ1n) is 10.8. The molecule has 0 aromatic heterocycles. The third-order valence-corrected chi connectivity index (χ3v) is 4.51. The van der Waals surface area contributed by atoms with Gasteiger partial charge < -0.3 is 29.2 Å². The lowest BCUT2D eigenvalue weighted by atomic mass is 10.2. The molecule has 0 heterocycles. The minimum atomic E-state index is -0.577. The molecule has 0 fully saturated rings. The molecular formula is C24H35N2O5+. The Morgan fingerprint density at radius 3 is 2.19 bits per heavy atom. The molecule has 0 aliphatic heterocycles. The van der Waals surface area contributed by atoms with Crippen LogP contribution < -0.4 is 24.3 Å². The van der Waals surface area contributed by atoms with Gasteiger partial charge in [-0.25, -0.2) is 0 Å². The Kier molecular flexibility index (Phi) is 9.97. The van der Waals surface area contributed by atoms with Crippen LogP contribution in [0.5, 0.6) is 23.0 Å². The van der Waals surface area contributed by atoms with Crippen molar-refractivity contribution in [3.63, 3.8) is 0 Å². The zero-order chi connectivity index (χ0) is 22.6. The Hall–Kier alpha value is -2.93. The maximum Gasteiger partial charge on any atom is 0.262 e. The zero-order valence-corrected chi connectivity index (χ0v) is 19.2. The summed E-state index contributed by atoms with van der Waals surface area (Å²) in [4.78, 5) is 13.6. The average molecular weight is 432 g/mol. The van der Waals surface area contributed by atoms with Gasteiger partial charge >= 0.3 is 0 Å². The molecule has 0 bridgehead atoms. The summed E-state index contributed by atoms with van der Waals surface area (Å²) in [7, 11) is 3.42. The van der Waals surface area contributed by atoms with E-state index < -0.39 is 6.10 Å². The van der Waals surface area contributed by atoms with Gasteiger partial charge in [0.05, 0.1) is 13.2 Å². The van der Waals surface area contributed by atoms with E-state index in [-0.39, 0.29) is 5.91 Å². The topological polar surface area (TPSA) is 73.8 Å². The molecule has 0 spiro atoms. The fourth-order valence-electron chi connectivity index (χ4n) is 2.98. The van der Waals surface area contributed by atoms with E-state index in [1.165, 1.54) is 4.90 Å². The van der Waals surface area contributed by atoms with Gasteiger partial charge in [-0.2, -0.15) is 0 Å². The summed E-state index contributed by atoms with van der Waals surface area (Å²) >= 11 is 0. The predicted molar refractivity (Wildman–Crippen MR) is 120 cm³/mol. The third kappa shape index (κ3) is 8.02. The molecule has 0 saturated carbocycles. The first-order chi connectivity index (χ1) is 14.9. The summed E-state index contributed by atoms with van der Waals surface area (Å²) < 4.78 is 22.8. The van der Waals surface area contributed by atoms with E-state index in [1.54, 1.807) is 21.0 Å². The standard InChI is InChI=1S/C24H34N2O5/c1-6-28-20-9-11-21(12-10-20)30-15-14-25-17-19-8-13-22(23(16-19)29-7-2)31-18(3)24(27)26(4)5/h8-13,16,18,25H,6-7,14-15,17H2,1-5H3/p+1/t18-/m0/s1. The molecule has 1 atom stereocenters. The van der Waals surface area contributed by atoms with Crippen molar-refractivity contribution in [1.29, 1.82) is 0 Å². The van der Waals surface area contributed by atoms with E-state index in [1.807, 2.05) is 56.3 Å². The van der Waals surface area contributed by atoms with Crippen molar-refractivity contribution >= 4 is 5.91 Å². The minimum Gasteiger partial charge on any atom is -0.494 e. The van der Waals surface area contributed by atoms with Gasteiger partial charge in [0, 0.05) is 19.7 Å². The molecule has 0 radical (unpaired) electrons. The van der Waals surface area contributed by atoms with Gasteiger partial charge in [-0.15, -0.1) is 0 Å². The summed E-state index contributed by atoms with van der Waals surface area (Å²) in [5, 5.41) is 2.18. The van der Waals surface area contributed by atoms with Crippen molar-refractivity contribution in [1.82, 2.24) is 4.90 Å². The van der Waals surface area contributed by atoms with Gasteiger partial charge in [0.1, 0.15) is 31.2 Å². The quantitative estimate of drug-likeness (QED) is 0.493.